The number of aliphatic hydroxyl groups excluding tert-OH is 1. The van der Waals surface area contributed by atoms with Crippen molar-refractivity contribution in [3.63, 3.8) is 0 Å². The molecular weight excluding hydrogens is 418 g/mol. The first-order valence-electron chi connectivity index (χ1n) is 9.87. The highest BCUT2D eigenvalue weighted by Gasteiger charge is 2.21. The number of aromatic hydroxyl groups is 1. The summed E-state index contributed by atoms with van der Waals surface area (Å²) < 4.78 is 26.5. The standard InChI is InChI=1S/C21H23N5O4S/c27-14-12-23-31(29,30)16-8-6-15(7-9-16)24-21-22-11-10-20(25-21)26-13-2-3-17-18(26)4-1-5-19(17)28/h1,4-11,23,27-28H,2-3,12-14H2,(H,22,24,25). The summed E-state index contributed by atoms with van der Waals surface area (Å²) in [5, 5.41) is 22.1. The Hall–Kier alpha value is -3.21. The lowest BCUT2D eigenvalue weighted by molar-refractivity contribution is 0.301. The SMILES string of the molecule is O=S(=O)(NCCO)c1ccc(Nc2nccc(N3CCCc4c(O)cccc43)n2)cc1. The van der Waals surface area contributed by atoms with Gasteiger partial charge in [0.25, 0.3) is 0 Å². The number of aromatic nitrogens is 2. The third-order valence-electron chi connectivity index (χ3n) is 4.97. The van der Waals surface area contributed by atoms with Crippen molar-refractivity contribution in [2.45, 2.75) is 17.7 Å². The van der Waals surface area contributed by atoms with Crippen molar-refractivity contribution in [1.29, 1.82) is 0 Å². The van der Waals surface area contributed by atoms with Crippen LogP contribution in [0.15, 0.2) is 59.6 Å². The molecule has 4 N–H and O–H groups in total. The second-order valence-electron chi connectivity index (χ2n) is 7.04. The van der Waals surface area contributed by atoms with Gasteiger partial charge < -0.3 is 20.4 Å². The summed E-state index contributed by atoms with van der Waals surface area (Å²) in [5.41, 5.74) is 2.48. The number of phenolic OH excluding ortho intramolecular Hbond substituents is 1. The average molecular weight is 442 g/mol. The van der Waals surface area contributed by atoms with Gasteiger partial charge in [0.05, 0.1) is 11.5 Å². The number of benzene rings is 2. The molecule has 0 unspecified atom stereocenters. The van der Waals surface area contributed by atoms with Crippen LogP contribution in [0, 0.1) is 0 Å². The minimum atomic E-state index is -3.66. The van der Waals surface area contributed by atoms with Crippen molar-refractivity contribution in [3.8, 4) is 5.75 Å². The highest BCUT2D eigenvalue weighted by Crippen LogP contribution is 2.37. The highest BCUT2D eigenvalue weighted by atomic mass is 32.2. The third-order valence-corrected chi connectivity index (χ3v) is 6.44. The van der Waals surface area contributed by atoms with Crippen LogP contribution in [0.5, 0.6) is 5.75 Å². The number of rotatable bonds is 7. The van der Waals surface area contributed by atoms with E-state index in [0.29, 0.717) is 17.5 Å². The zero-order valence-corrected chi connectivity index (χ0v) is 17.5. The van der Waals surface area contributed by atoms with Gasteiger partial charge in [-0.25, -0.2) is 18.1 Å². The van der Waals surface area contributed by atoms with E-state index in [2.05, 4.69) is 20.0 Å². The van der Waals surface area contributed by atoms with Crippen LogP contribution in [0.2, 0.25) is 0 Å². The van der Waals surface area contributed by atoms with Crippen LogP contribution in [0.1, 0.15) is 12.0 Å². The predicted octanol–water partition coefficient (Wildman–Crippen LogP) is 2.28. The van der Waals surface area contributed by atoms with Crippen LogP contribution in [0.3, 0.4) is 0 Å². The van der Waals surface area contributed by atoms with Gasteiger partial charge in [0.2, 0.25) is 16.0 Å². The van der Waals surface area contributed by atoms with E-state index in [9.17, 15) is 13.5 Å². The second-order valence-corrected chi connectivity index (χ2v) is 8.81. The summed E-state index contributed by atoms with van der Waals surface area (Å²) >= 11 is 0. The van der Waals surface area contributed by atoms with E-state index in [-0.39, 0.29) is 23.8 Å². The van der Waals surface area contributed by atoms with Crippen molar-refractivity contribution in [3.05, 3.63) is 60.3 Å². The van der Waals surface area contributed by atoms with Crippen LogP contribution >= 0.6 is 0 Å². The van der Waals surface area contributed by atoms with Crippen LogP contribution in [-0.2, 0) is 16.4 Å². The van der Waals surface area contributed by atoms with Crippen molar-refractivity contribution < 1.29 is 18.6 Å². The van der Waals surface area contributed by atoms with Crippen LogP contribution in [0.25, 0.3) is 0 Å². The van der Waals surface area contributed by atoms with Gasteiger partial charge in [0.1, 0.15) is 11.6 Å². The molecule has 0 saturated heterocycles. The number of hydrogen-bond donors (Lipinski definition) is 4. The number of anilines is 4. The molecule has 4 rings (SSSR count). The van der Waals surface area contributed by atoms with E-state index >= 15 is 0 Å². The summed E-state index contributed by atoms with van der Waals surface area (Å²) in [4.78, 5) is 11.0. The molecule has 9 nitrogen and oxygen atoms in total. The quantitative estimate of drug-likeness (QED) is 0.440. The molecule has 31 heavy (non-hydrogen) atoms. The number of phenols is 1. The van der Waals surface area contributed by atoms with Gasteiger partial charge in [0, 0.05) is 36.2 Å². The summed E-state index contributed by atoms with van der Waals surface area (Å²) in [7, 11) is -3.66. The fourth-order valence-electron chi connectivity index (χ4n) is 3.51. The van der Waals surface area contributed by atoms with E-state index in [0.717, 1.165) is 30.6 Å². The maximum Gasteiger partial charge on any atom is 0.240 e. The molecule has 2 aromatic carbocycles. The van der Waals surface area contributed by atoms with E-state index in [4.69, 9.17) is 5.11 Å². The molecular formula is C21H23N5O4S. The van der Waals surface area contributed by atoms with Gasteiger partial charge in [-0.05, 0) is 55.3 Å². The molecule has 1 aliphatic rings. The number of fused-ring (bicyclic) bond motifs is 1. The second kappa shape index (κ2) is 8.88. The Kier molecular flexibility index (Phi) is 6.03. The first-order chi connectivity index (χ1) is 15.0. The number of nitrogens with zero attached hydrogens (tertiary/aromatic N) is 3. The Morgan fingerprint density at radius 2 is 1.90 bits per heavy atom. The minimum Gasteiger partial charge on any atom is -0.508 e. The number of hydrogen-bond acceptors (Lipinski definition) is 8. The van der Waals surface area contributed by atoms with E-state index in [1.54, 1.807) is 24.4 Å². The average Bonchev–Trinajstić information content (AvgIpc) is 2.78. The molecule has 0 bridgehead atoms. The minimum absolute atomic E-state index is 0.0413. The Morgan fingerprint density at radius 1 is 1.10 bits per heavy atom. The highest BCUT2D eigenvalue weighted by molar-refractivity contribution is 7.89. The van der Waals surface area contributed by atoms with Crippen LogP contribution < -0.4 is 14.9 Å². The van der Waals surface area contributed by atoms with Crippen molar-refractivity contribution >= 4 is 33.2 Å². The van der Waals surface area contributed by atoms with Gasteiger partial charge in [-0.3, -0.25) is 0 Å². The molecule has 0 aliphatic carbocycles. The van der Waals surface area contributed by atoms with E-state index in [1.807, 2.05) is 23.1 Å². The predicted molar refractivity (Wildman–Crippen MR) is 117 cm³/mol. The first kappa shape index (κ1) is 21.0. The molecule has 10 heteroatoms. The first-order valence-corrected chi connectivity index (χ1v) is 11.4. The maximum absolute atomic E-state index is 12.1. The lowest BCUT2D eigenvalue weighted by Crippen LogP contribution is -2.26. The molecule has 0 radical (unpaired) electrons. The van der Waals surface area contributed by atoms with Gasteiger partial charge in [-0.15, -0.1) is 0 Å². The monoisotopic (exact) mass is 441 g/mol. The zero-order chi connectivity index (χ0) is 21.8. The summed E-state index contributed by atoms with van der Waals surface area (Å²) in [6.07, 6.45) is 3.37. The molecule has 3 aromatic rings. The van der Waals surface area contributed by atoms with Crippen molar-refractivity contribution in [2.24, 2.45) is 0 Å². The Labute approximate surface area is 180 Å². The lowest BCUT2D eigenvalue weighted by atomic mass is 10.0. The summed E-state index contributed by atoms with van der Waals surface area (Å²) in [6, 6.07) is 13.5. The maximum atomic E-state index is 12.1. The Morgan fingerprint density at radius 3 is 2.68 bits per heavy atom. The summed E-state index contributed by atoms with van der Waals surface area (Å²) in [5.74, 6) is 1.37. The number of aliphatic hydroxyl groups is 1. The van der Waals surface area contributed by atoms with Crippen LogP contribution in [0.4, 0.5) is 23.1 Å². The molecule has 0 fully saturated rings. The molecule has 0 amide bonds. The van der Waals surface area contributed by atoms with Gasteiger partial charge >= 0.3 is 0 Å². The number of nitrogens with one attached hydrogen (secondary N) is 2. The van der Waals surface area contributed by atoms with E-state index in [1.165, 1.54) is 12.1 Å². The molecule has 0 atom stereocenters. The molecule has 162 valence electrons. The van der Waals surface area contributed by atoms with Crippen LogP contribution in [-0.4, -0.2) is 48.3 Å². The Bertz CT molecular complexity index is 1170. The smallest absolute Gasteiger partial charge is 0.240 e. The fraction of sp³-hybridized carbons (Fsp3) is 0.238. The van der Waals surface area contributed by atoms with E-state index < -0.39 is 10.0 Å². The fourth-order valence-corrected chi connectivity index (χ4v) is 4.53. The summed E-state index contributed by atoms with van der Waals surface area (Å²) in [6.45, 7) is 0.467. The molecule has 1 aliphatic heterocycles. The Balaban J connectivity index is 1.53. The zero-order valence-electron chi connectivity index (χ0n) is 16.7. The number of sulfonamides is 1. The van der Waals surface area contributed by atoms with Gasteiger partial charge in [-0.1, -0.05) is 6.07 Å². The van der Waals surface area contributed by atoms with Gasteiger partial charge in [-0.2, -0.15) is 4.98 Å². The third kappa shape index (κ3) is 4.61. The molecule has 1 aromatic heterocycles. The van der Waals surface area contributed by atoms with Gasteiger partial charge in [0.15, 0.2) is 0 Å². The lowest BCUT2D eigenvalue weighted by Gasteiger charge is -2.30. The molecule has 2 heterocycles. The molecule has 0 saturated carbocycles. The normalized spacial score (nSPS) is 13.6. The van der Waals surface area contributed by atoms with Crippen molar-refractivity contribution in [1.82, 2.24) is 14.7 Å². The largest absolute Gasteiger partial charge is 0.508 e. The molecule has 0 spiro atoms. The topological polar surface area (TPSA) is 128 Å². The van der Waals surface area contributed by atoms with Crippen molar-refractivity contribution in [2.75, 3.05) is 29.9 Å².